The predicted octanol–water partition coefficient (Wildman–Crippen LogP) is 3.94. The van der Waals surface area contributed by atoms with Crippen molar-refractivity contribution in [2.24, 2.45) is 5.92 Å². The van der Waals surface area contributed by atoms with Crippen molar-refractivity contribution in [3.8, 4) is 0 Å². The summed E-state index contributed by atoms with van der Waals surface area (Å²) in [6, 6.07) is 0.609. The minimum atomic E-state index is 0.609. The highest BCUT2D eigenvalue weighted by Crippen LogP contribution is 2.28. The largest absolute Gasteiger partial charge is 0.317 e. The van der Waals surface area contributed by atoms with E-state index in [9.17, 15) is 0 Å². The molecule has 0 aromatic carbocycles. The molecule has 0 amide bonds. The van der Waals surface area contributed by atoms with Crippen molar-refractivity contribution in [3.05, 3.63) is 16.1 Å². The van der Waals surface area contributed by atoms with Crippen LogP contribution in [0.4, 0.5) is 0 Å². The van der Waals surface area contributed by atoms with Crippen molar-refractivity contribution in [1.29, 1.82) is 0 Å². The highest BCUT2D eigenvalue weighted by atomic mass is 32.1. The van der Waals surface area contributed by atoms with Gasteiger partial charge in [0.1, 0.15) is 0 Å². The van der Waals surface area contributed by atoms with Gasteiger partial charge in [-0.15, -0.1) is 11.3 Å². The van der Waals surface area contributed by atoms with Gasteiger partial charge in [0.25, 0.3) is 0 Å². The molecule has 1 aromatic heterocycles. The van der Waals surface area contributed by atoms with Crippen LogP contribution >= 0.6 is 11.3 Å². The molecule has 0 spiro atoms. The quantitative estimate of drug-likeness (QED) is 0.843. The fourth-order valence-electron chi connectivity index (χ4n) is 2.97. The van der Waals surface area contributed by atoms with Crippen LogP contribution in [0.2, 0.25) is 0 Å². The van der Waals surface area contributed by atoms with E-state index in [2.05, 4.69) is 29.7 Å². The molecule has 1 atom stereocenters. The second kappa shape index (κ2) is 7.25. The number of hydrogen-bond acceptors (Lipinski definition) is 3. The SMILES string of the molecule is CNC(CCC1CCCCC1)Cc1nc(C)cs1. The Morgan fingerprint density at radius 1 is 1.39 bits per heavy atom. The predicted molar refractivity (Wildman–Crippen MR) is 79.2 cm³/mol. The number of aryl methyl sites for hydroxylation is 1. The molecule has 1 saturated carbocycles. The van der Waals surface area contributed by atoms with Crippen molar-refractivity contribution in [3.63, 3.8) is 0 Å². The zero-order valence-electron chi connectivity index (χ0n) is 11.7. The average molecular weight is 266 g/mol. The average Bonchev–Trinajstić information content (AvgIpc) is 2.81. The molecule has 18 heavy (non-hydrogen) atoms. The number of rotatable bonds is 6. The number of nitrogens with zero attached hydrogens (tertiary/aromatic N) is 1. The van der Waals surface area contributed by atoms with E-state index in [0.717, 1.165) is 18.0 Å². The molecule has 1 aliphatic rings. The third-order valence-corrected chi connectivity index (χ3v) is 5.13. The third kappa shape index (κ3) is 4.36. The van der Waals surface area contributed by atoms with Gasteiger partial charge in [-0.05, 0) is 32.7 Å². The molecule has 1 fully saturated rings. The van der Waals surface area contributed by atoms with E-state index >= 15 is 0 Å². The molecular weight excluding hydrogens is 240 g/mol. The number of thiazole rings is 1. The van der Waals surface area contributed by atoms with Gasteiger partial charge in [0, 0.05) is 23.5 Å². The summed E-state index contributed by atoms with van der Waals surface area (Å²) < 4.78 is 0. The molecule has 1 aliphatic carbocycles. The van der Waals surface area contributed by atoms with Crippen LogP contribution in [0.3, 0.4) is 0 Å². The first-order valence-corrected chi connectivity index (χ1v) is 8.24. The molecule has 0 aliphatic heterocycles. The van der Waals surface area contributed by atoms with Gasteiger partial charge in [0.15, 0.2) is 0 Å². The third-order valence-electron chi connectivity index (χ3n) is 4.14. The maximum absolute atomic E-state index is 4.57. The van der Waals surface area contributed by atoms with Crippen LogP contribution in [-0.2, 0) is 6.42 Å². The molecule has 102 valence electrons. The van der Waals surface area contributed by atoms with Gasteiger partial charge < -0.3 is 5.32 Å². The van der Waals surface area contributed by atoms with Crippen LogP contribution in [0.5, 0.6) is 0 Å². The summed E-state index contributed by atoms with van der Waals surface area (Å²) in [6.45, 7) is 2.08. The van der Waals surface area contributed by atoms with Crippen LogP contribution in [-0.4, -0.2) is 18.1 Å². The van der Waals surface area contributed by atoms with E-state index in [1.54, 1.807) is 11.3 Å². The lowest BCUT2D eigenvalue weighted by atomic mass is 9.85. The maximum Gasteiger partial charge on any atom is 0.0943 e. The molecule has 0 bridgehead atoms. The molecule has 1 unspecified atom stereocenters. The summed E-state index contributed by atoms with van der Waals surface area (Å²) in [5.74, 6) is 0.993. The summed E-state index contributed by atoms with van der Waals surface area (Å²) in [6.07, 6.45) is 11.1. The smallest absolute Gasteiger partial charge is 0.0943 e. The number of likely N-dealkylation sites (N-methyl/N-ethyl adjacent to an activating group) is 1. The van der Waals surface area contributed by atoms with Gasteiger partial charge in [-0.1, -0.05) is 32.1 Å². The fourth-order valence-corrected chi connectivity index (χ4v) is 3.82. The van der Waals surface area contributed by atoms with E-state index in [0.29, 0.717) is 6.04 Å². The van der Waals surface area contributed by atoms with Crippen molar-refractivity contribution < 1.29 is 0 Å². The zero-order chi connectivity index (χ0) is 12.8. The van der Waals surface area contributed by atoms with Crippen LogP contribution in [0.15, 0.2) is 5.38 Å². The van der Waals surface area contributed by atoms with Gasteiger partial charge in [0.05, 0.1) is 5.01 Å². The molecule has 0 radical (unpaired) electrons. The maximum atomic E-state index is 4.57. The molecule has 0 saturated heterocycles. The van der Waals surface area contributed by atoms with Gasteiger partial charge in [-0.25, -0.2) is 4.98 Å². The Labute approximate surface area is 115 Å². The lowest BCUT2D eigenvalue weighted by Crippen LogP contribution is -2.28. The van der Waals surface area contributed by atoms with Crippen molar-refractivity contribution in [2.75, 3.05) is 7.05 Å². The topological polar surface area (TPSA) is 24.9 Å². The Morgan fingerprint density at radius 3 is 2.78 bits per heavy atom. The van der Waals surface area contributed by atoms with Gasteiger partial charge >= 0.3 is 0 Å². The highest BCUT2D eigenvalue weighted by molar-refractivity contribution is 7.09. The monoisotopic (exact) mass is 266 g/mol. The van der Waals surface area contributed by atoms with E-state index in [4.69, 9.17) is 0 Å². The Balaban J connectivity index is 1.74. The van der Waals surface area contributed by atoms with Gasteiger partial charge in [-0.3, -0.25) is 0 Å². The van der Waals surface area contributed by atoms with Crippen molar-refractivity contribution in [1.82, 2.24) is 10.3 Å². The van der Waals surface area contributed by atoms with E-state index < -0.39 is 0 Å². The van der Waals surface area contributed by atoms with Crippen LogP contribution in [0, 0.1) is 12.8 Å². The second-order valence-corrected chi connectivity index (χ2v) is 6.60. The first kappa shape index (κ1) is 14.0. The highest BCUT2D eigenvalue weighted by Gasteiger charge is 2.16. The number of hydrogen-bond donors (Lipinski definition) is 1. The van der Waals surface area contributed by atoms with Crippen LogP contribution in [0.1, 0.15) is 55.6 Å². The Bertz CT molecular complexity index is 342. The zero-order valence-corrected chi connectivity index (χ0v) is 12.6. The summed E-state index contributed by atoms with van der Waals surface area (Å²) in [5, 5.41) is 6.91. The normalized spacial score (nSPS) is 19.0. The molecule has 3 heteroatoms. The standard InChI is InChI=1S/C15H26N2S/c1-12-11-18-15(17-12)10-14(16-2)9-8-13-6-4-3-5-7-13/h11,13-14,16H,3-10H2,1-2H3. The van der Waals surface area contributed by atoms with E-state index in [-0.39, 0.29) is 0 Å². The van der Waals surface area contributed by atoms with E-state index in [1.165, 1.54) is 50.0 Å². The molecule has 1 N–H and O–H groups in total. The first-order valence-electron chi connectivity index (χ1n) is 7.36. The fraction of sp³-hybridized carbons (Fsp3) is 0.800. The lowest BCUT2D eigenvalue weighted by molar-refractivity contribution is 0.315. The summed E-state index contributed by atoms with van der Waals surface area (Å²) >= 11 is 1.80. The molecule has 2 rings (SSSR count). The van der Waals surface area contributed by atoms with Crippen molar-refractivity contribution in [2.45, 2.75) is 64.3 Å². The number of nitrogens with one attached hydrogen (secondary N) is 1. The lowest BCUT2D eigenvalue weighted by Gasteiger charge is -2.23. The Kier molecular flexibility index (Phi) is 5.64. The molecule has 2 nitrogen and oxygen atoms in total. The van der Waals surface area contributed by atoms with Crippen LogP contribution in [0.25, 0.3) is 0 Å². The minimum absolute atomic E-state index is 0.609. The summed E-state index contributed by atoms with van der Waals surface area (Å²) in [5.41, 5.74) is 1.16. The van der Waals surface area contributed by atoms with Gasteiger partial charge in [-0.2, -0.15) is 0 Å². The second-order valence-electron chi connectivity index (χ2n) is 5.65. The van der Waals surface area contributed by atoms with Crippen LogP contribution < -0.4 is 5.32 Å². The van der Waals surface area contributed by atoms with E-state index in [1.807, 2.05) is 0 Å². The Hall–Kier alpha value is -0.410. The molecule has 1 aromatic rings. The van der Waals surface area contributed by atoms with Gasteiger partial charge in [0.2, 0.25) is 0 Å². The summed E-state index contributed by atoms with van der Waals surface area (Å²) in [4.78, 5) is 4.57. The minimum Gasteiger partial charge on any atom is -0.317 e. The Morgan fingerprint density at radius 2 is 2.17 bits per heavy atom. The number of aromatic nitrogens is 1. The van der Waals surface area contributed by atoms with Crippen molar-refractivity contribution >= 4 is 11.3 Å². The first-order chi connectivity index (χ1) is 8.78. The summed E-state index contributed by atoms with van der Waals surface area (Å²) in [7, 11) is 2.09. The molecular formula is C15H26N2S. The molecule has 1 heterocycles.